The number of rotatable bonds is 3. The maximum atomic E-state index is 6.21. The predicted octanol–water partition coefficient (Wildman–Crippen LogP) is 3.80. The SMILES string of the molecule is Cl.Clc1nc2ccccc2nc1SCC1CCNCC1. The van der Waals surface area contributed by atoms with Gasteiger partial charge in [0.05, 0.1) is 11.0 Å². The summed E-state index contributed by atoms with van der Waals surface area (Å²) in [6, 6.07) is 7.85. The summed E-state index contributed by atoms with van der Waals surface area (Å²) in [6.07, 6.45) is 2.48. The normalized spacial score (nSPS) is 16.1. The van der Waals surface area contributed by atoms with Gasteiger partial charge in [-0.05, 0) is 44.0 Å². The van der Waals surface area contributed by atoms with Gasteiger partial charge in [0, 0.05) is 5.75 Å². The zero-order chi connectivity index (χ0) is 13.1. The first-order valence-electron chi connectivity index (χ1n) is 6.59. The summed E-state index contributed by atoms with van der Waals surface area (Å²) in [7, 11) is 0. The van der Waals surface area contributed by atoms with Crippen LogP contribution in [-0.2, 0) is 0 Å². The lowest BCUT2D eigenvalue weighted by Crippen LogP contribution is -2.28. The minimum Gasteiger partial charge on any atom is -0.317 e. The molecule has 0 saturated carbocycles. The lowest BCUT2D eigenvalue weighted by molar-refractivity contribution is 0.408. The molecule has 0 atom stereocenters. The van der Waals surface area contributed by atoms with Crippen molar-refractivity contribution >= 4 is 46.8 Å². The van der Waals surface area contributed by atoms with Crippen LogP contribution in [0.4, 0.5) is 0 Å². The molecule has 2 heterocycles. The van der Waals surface area contributed by atoms with Gasteiger partial charge >= 0.3 is 0 Å². The summed E-state index contributed by atoms with van der Waals surface area (Å²) in [6.45, 7) is 2.25. The number of piperidine rings is 1. The number of nitrogens with zero attached hydrogens (tertiary/aromatic N) is 2. The summed E-state index contributed by atoms with van der Waals surface area (Å²) in [5.74, 6) is 1.84. The smallest absolute Gasteiger partial charge is 0.161 e. The van der Waals surface area contributed by atoms with Crippen LogP contribution in [0.15, 0.2) is 29.3 Å². The highest BCUT2D eigenvalue weighted by Gasteiger charge is 2.15. The lowest BCUT2D eigenvalue weighted by atomic mass is 10.0. The monoisotopic (exact) mass is 329 g/mol. The quantitative estimate of drug-likeness (QED) is 0.869. The van der Waals surface area contributed by atoms with Crippen molar-refractivity contribution < 1.29 is 0 Å². The molecule has 1 aliphatic rings. The van der Waals surface area contributed by atoms with Crippen molar-refractivity contribution in [3.05, 3.63) is 29.4 Å². The van der Waals surface area contributed by atoms with Crippen LogP contribution in [0.1, 0.15) is 12.8 Å². The zero-order valence-corrected chi connectivity index (χ0v) is 13.4. The molecule has 3 rings (SSSR count). The summed E-state index contributed by atoms with van der Waals surface area (Å²) >= 11 is 7.95. The average molecular weight is 330 g/mol. The van der Waals surface area contributed by atoms with Crippen molar-refractivity contribution in [3.63, 3.8) is 0 Å². The molecule has 1 aromatic heterocycles. The molecule has 20 heavy (non-hydrogen) atoms. The van der Waals surface area contributed by atoms with E-state index in [0.717, 1.165) is 40.8 Å². The average Bonchev–Trinajstić information content (AvgIpc) is 2.46. The Labute approximate surface area is 134 Å². The molecule has 1 N–H and O–H groups in total. The number of halogens is 2. The van der Waals surface area contributed by atoms with Gasteiger partial charge in [-0.2, -0.15) is 0 Å². The Morgan fingerprint density at radius 2 is 1.80 bits per heavy atom. The Bertz CT molecular complexity index is 573. The predicted molar refractivity (Wildman–Crippen MR) is 88.1 cm³/mol. The number of para-hydroxylation sites is 2. The fourth-order valence-electron chi connectivity index (χ4n) is 2.30. The maximum Gasteiger partial charge on any atom is 0.161 e. The lowest BCUT2D eigenvalue weighted by Gasteiger charge is -2.21. The maximum absolute atomic E-state index is 6.21. The largest absolute Gasteiger partial charge is 0.317 e. The molecule has 108 valence electrons. The van der Waals surface area contributed by atoms with E-state index in [4.69, 9.17) is 11.6 Å². The number of hydrogen-bond acceptors (Lipinski definition) is 4. The first-order valence-corrected chi connectivity index (χ1v) is 7.95. The minimum atomic E-state index is 0. The number of benzene rings is 1. The fourth-order valence-corrected chi connectivity index (χ4v) is 3.65. The zero-order valence-electron chi connectivity index (χ0n) is 11.0. The molecule has 3 nitrogen and oxygen atoms in total. The molecule has 1 saturated heterocycles. The summed E-state index contributed by atoms with van der Waals surface area (Å²) in [4.78, 5) is 9.02. The molecule has 6 heteroatoms. The Morgan fingerprint density at radius 1 is 1.15 bits per heavy atom. The van der Waals surface area contributed by atoms with Crippen molar-refractivity contribution in [1.29, 1.82) is 0 Å². The third kappa shape index (κ3) is 3.76. The number of hydrogen-bond donors (Lipinski definition) is 1. The van der Waals surface area contributed by atoms with E-state index in [1.807, 2.05) is 24.3 Å². The van der Waals surface area contributed by atoms with E-state index >= 15 is 0 Å². The number of nitrogens with one attached hydrogen (secondary N) is 1. The summed E-state index contributed by atoms with van der Waals surface area (Å²) in [5, 5.41) is 4.77. The van der Waals surface area contributed by atoms with E-state index in [2.05, 4.69) is 15.3 Å². The van der Waals surface area contributed by atoms with Crippen molar-refractivity contribution in [3.8, 4) is 0 Å². The van der Waals surface area contributed by atoms with Crippen molar-refractivity contribution in [1.82, 2.24) is 15.3 Å². The number of aromatic nitrogens is 2. The van der Waals surface area contributed by atoms with Crippen LogP contribution in [0.5, 0.6) is 0 Å². The van der Waals surface area contributed by atoms with Gasteiger partial charge in [0.1, 0.15) is 5.03 Å². The second kappa shape index (κ2) is 7.46. The van der Waals surface area contributed by atoms with Crippen LogP contribution >= 0.6 is 35.8 Å². The Hall–Kier alpha value is -0.550. The first kappa shape index (κ1) is 15.8. The Kier molecular flexibility index (Phi) is 5.90. The van der Waals surface area contributed by atoms with E-state index in [-0.39, 0.29) is 12.4 Å². The van der Waals surface area contributed by atoms with E-state index < -0.39 is 0 Å². The van der Waals surface area contributed by atoms with Crippen LogP contribution in [-0.4, -0.2) is 28.8 Å². The van der Waals surface area contributed by atoms with Crippen LogP contribution in [0.25, 0.3) is 11.0 Å². The first-order chi connectivity index (χ1) is 9.33. The van der Waals surface area contributed by atoms with Gasteiger partial charge in [-0.3, -0.25) is 0 Å². The van der Waals surface area contributed by atoms with Gasteiger partial charge in [0.15, 0.2) is 5.15 Å². The highest BCUT2D eigenvalue weighted by molar-refractivity contribution is 7.99. The fraction of sp³-hybridized carbons (Fsp3) is 0.429. The van der Waals surface area contributed by atoms with Crippen molar-refractivity contribution in [2.75, 3.05) is 18.8 Å². The Balaban J connectivity index is 0.00000147. The Morgan fingerprint density at radius 3 is 2.50 bits per heavy atom. The molecule has 0 amide bonds. The standard InChI is InChI=1S/C14H16ClN3S.ClH/c15-13-14(19-9-10-5-7-16-8-6-10)18-12-4-2-1-3-11(12)17-13;/h1-4,10,16H,5-9H2;1H. The molecule has 2 aromatic rings. The van der Waals surface area contributed by atoms with E-state index in [1.54, 1.807) is 11.8 Å². The van der Waals surface area contributed by atoms with Gasteiger partial charge < -0.3 is 5.32 Å². The molecule has 0 unspecified atom stereocenters. The van der Waals surface area contributed by atoms with E-state index in [9.17, 15) is 0 Å². The molecule has 1 aromatic carbocycles. The molecular weight excluding hydrogens is 313 g/mol. The third-order valence-electron chi connectivity index (χ3n) is 3.41. The van der Waals surface area contributed by atoms with E-state index in [1.165, 1.54) is 12.8 Å². The van der Waals surface area contributed by atoms with Gasteiger partial charge in [-0.1, -0.05) is 23.7 Å². The van der Waals surface area contributed by atoms with Gasteiger partial charge in [-0.15, -0.1) is 24.2 Å². The van der Waals surface area contributed by atoms with Crippen LogP contribution in [0.3, 0.4) is 0 Å². The number of fused-ring (bicyclic) bond motifs is 1. The molecule has 0 aliphatic carbocycles. The highest BCUT2D eigenvalue weighted by Crippen LogP contribution is 2.29. The van der Waals surface area contributed by atoms with Crippen molar-refractivity contribution in [2.24, 2.45) is 5.92 Å². The van der Waals surface area contributed by atoms with Gasteiger partial charge in [0.25, 0.3) is 0 Å². The van der Waals surface area contributed by atoms with Gasteiger partial charge in [0.2, 0.25) is 0 Å². The van der Waals surface area contributed by atoms with E-state index in [0.29, 0.717) is 5.15 Å². The summed E-state index contributed by atoms with van der Waals surface area (Å²) in [5.41, 5.74) is 1.78. The minimum absolute atomic E-state index is 0. The van der Waals surface area contributed by atoms with Gasteiger partial charge in [-0.25, -0.2) is 9.97 Å². The van der Waals surface area contributed by atoms with Crippen LogP contribution in [0.2, 0.25) is 5.15 Å². The second-order valence-electron chi connectivity index (χ2n) is 4.81. The molecule has 1 fully saturated rings. The van der Waals surface area contributed by atoms with Crippen molar-refractivity contribution in [2.45, 2.75) is 17.9 Å². The molecular formula is C14H17Cl2N3S. The molecule has 0 radical (unpaired) electrons. The molecule has 1 aliphatic heterocycles. The molecule has 0 spiro atoms. The topological polar surface area (TPSA) is 37.8 Å². The second-order valence-corrected chi connectivity index (χ2v) is 6.18. The number of thioether (sulfide) groups is 1. The van der Waals surface area contributed by atoms with Crippen LogP contribution in [0, 0.1) is 5.92 Å². The highest BCUT2D eigenvalue weighted by atomic mass is 35.5. The summed E-state index contributed by atoms with van der Waals surface area (Å²) < 4.78 is 0. The van der Waals surface area contributed by atoms with Crippen LogP contribution < -0.4 is 5.32 Å². The third-order valence-corrected chi connectivity index (χ3v) is 4.99. The molecule has 0 bridgehead atoms.